The molecule has 0 fully saturated rings. The molecule has 1 rings (SSSR count). The highest BCUT2D eigenvalue weighted by Gasteiger charge is 2.21. The lowest BCUT2D eigenvalue weighted by molar-refractivity contribution is -0.140. The Labute approximate surface area is 170 Å². The smallest absolute Gasteiger partial charge is 0.305 e. The van der Waals surface area contributed by atoms with E-state index < -0.39 is 0 Å². The number of unbranched alkanes of at least 4 members (excludes halogenated alkanes) is 5. The number of aromatic hydroxyl groups is 1. The van der Waals surface area contributed by atoms with Crippen LogP contribution in [-0.2, 0) is 27.1 Å². The minimum absolute atomic E-state index is 0.135. The van der Waals surface area contributed by atoms with Gasteiger partial charge in [0.1, 0.15) is 5.75 Å². The molecule has 27 heavy (non-hydrogen) atoms. The summed E-state index contributed by atoms with van der Waals surface area (Å²) in [6.45, 7) is 8.57. The molecule has 1 N–H and O–H groups in total. The van der Waals surface area contributed by atoms with Gasteiger partial charge < -0.3 is 9.84 Å². The summed E-state index contributed by atoms with van der Waals surface area (Å²) in [6, 6.07) is 4.10. The Kier molecular flexibility index (Phi) is 10.9. The van der Waals surface area contributed by atoms with E-state index in [0.29, 0.717) is 18.6 Å². The lowest BCUT2D eigenvalue weighted by atomic mass is 9.83. The van der Waals surface area contributed by atoms with Crippen molar-refractivity contribution in [2.24, 2.45) is 0 Å². The highest BCUT2D eigenvalue weighted by atomic mass is 32.2. The summed E-state index contributed by atoms with van der Waals surface area (Å²) in [4.78, 5) is 11.5. The van der Waals surface area contributed by atoms with E-state index in [-0.39, 0.29) is 11.4 Å². The highest BCUT2D eigenvalue weighted by molar-refractivity contribution is 7.98. The Balaban J connectivity index is 2.69. The molecule has 0 atom stereocenters. The molecule has 0 radical (unpaired) electrons. The van der Waals surface area contributed by atoms with Crippen molar-refractivity contribution >= 4 is 17.7 Å². The van der Waals surface area contributed by atoms with Crippen LogP contribution < -0.4 is 0 Å². The number of phenolic OH excluding ortho intramolecular Hbond substituents is 1. The molecule has 0 heterocycles. The van der Waals surface area contributed by atoms with Gasteiger partial charge in [0, 0.05) is 17.7 Å². The Hall–Kier alpha value is -1.16. The Morgan fingerprint density at radius 1 is 1.11 bits per heavy atom. The van der Waals surface area contributed by atoms with Gasteiger partial charge in [-0.05, 0) is 35.1 Å². The molecule has 1 aromatic carbocycles. The van der Waals surface area contributed by atoms with Gasteiger partial charge in [0.15, 0.2) is 0 Å². The second-order valence-corrected chi connectivity index (χ2v) is 9.40. The predicted molar refractivity (Wildman–Crippen MR) is 117 cm³/mol. The van der Waals surface area contributed by atoms with Crippen LogP contribution in [-0.4, -0.2) is 23.9 Å². The topological polar surface area (TPSA) is 46.5 Å². The summed E-state index contributed by atoms with van der Waals surface area (Å²) in [5.41, 5.74) is 2.90. The fourth-order valence-electron chi connectivity index (χ4n) is 3.10. The third kappa shape index (κ3) is 9.05. The third-order valence-corrected chi connectivity index (χ3v) is 5.89. The van der Waals surface area contributed by atoms with Crippen LogP contribution in [0.25, 0.3) is 0 Å². The molecule has 3 nitrogen and oxygen atoms in total. The number of benzene rings is 1. The molecule has 0 aliphatic heterocycles. The molecule has 0 saturated heterocycles. The summed E-state index contributed by atoms with van der Waals surface area (Å²) in [5.74, 6) is 2.16. The van der Waals surface area contributed by atoms with Gasteiger partial charge in [-0.3, -0.25) is 4.79 Å². The second-order valence-electron chi connectivity index (χ2n) is 8.30. The van der Waals surface area contributed by atoms with Gasteiger partial charge in [0.05, 0.1) is 7.11 Å². The fraction of sp³-hybridized carbons (Fsp3) is 0.696. The number of hydrogen-bond acceptors (Lipinski definition) is 4. The zero-order chi connectivity index (χ0) is 20.3. The fourth-order valence-corrected chi connectivity index (χ4v) is 4.09. The molecule has 0 amide bonds. The molecular weight excluding hydrogens is 356 g/mol. The van der Waals surface area contributed by atoms with Gasteiger partial charge in [-0.25, -0.2) is 0 Å². The van der Waals surface area contributed by atoms with Crippen LogP contribution in [0, 0.1) is 0 Å². The number of carbonyl (C=O) groups excluding carboxylic acids is 1. The number of methoxy groups -OCH3 is 1. The van der Waals surface area contributed by atoms with E-state index in [2.05, 4.69) is 33.8 Å². The number of aryl methyl sites for hydroxylation is 1. The van der Waals surface area contributed by atoms with E-state index in [0.717, 1.165) is 28.2 Å². The van der Waals surface area contributed by atoms with E-state index in [1.165, 1.54) is 45.6 Å². The van der Waals surface area contributed by atoms with Crippen molar-refractivity contribution < 1.29 is 14.6 Å². The van der Waals surface area contributed by atoms with Crippen LogP contribution in [0.3, 0.4) is 0 Å². The van der Waals surface area contributed by atoms with Gasteiger partial charge in [-0.15, -0.1) is 0 Å². The molecule has 4 heteroatoms. The van der Waals surface area contributed by atoms with E-state index in [4.69, 9.17) is 4.74 Å². The van der Waals surface area contributed by atoms with Crippen molar-refractivity contribution in [2.45, 2.75) is 90.2 Å². The van der Waals surface area contributed by atoms with Crippen LogP contribution in [0.1, 0.15) is 89.3 Å². The quantitative estimate of drug-likeness (QED) is 0.329. The maximum Gasteiger partial charge on any atom is 0.305 e. The number of rotatable bonds is 12. The molecule has 0 spiro atoms. The number of carbonyl (C=O) groups is 1. The monoisotopic (exact) mass is 394 g/mol. The van der Waals surface area contributed by atoms with Gasteiger partial charge in [0.2, 0.25) is 0 Å². The first-order valence-corrected chi connectivity index (χ1v) is 11.4. The van der Waals surface area contributed by atoms with Gasteiger partial charge >= 0.3 is 5.97 Å². The van der Waals surface area contributed by atoms with Crippen LogP contribution in [0.5, 0.6) is 5.75 Å². The number of thioether (sulfide) groups is 1. The third-order valence-electron chi connectivity index (χ3n) is 4.80. The van der Waals surface area contributed by atoms with Crippen LogP contribution in [0.15, 0.2) is 12.1 Å². The zero-order valence-electron chi connectivity index (χ0n) is 17.9. The average Bonchev–Trinajstić information content (AvgIpc) is 2.62. The first-order valence-electron chi connectivity index (χ1n) is 10.3. The minimum atomic E-state index is -0.195. The zero-order valence-corrected chi connectivity index (χ0v) is 18.7. The summed E-state index contributed by atoms with van der Waals surface area (Å²) in [7, 11) is 1.42. The lowest BCUT2D eigenvalue weighted by Gasteiger charge is -2.23. The largest absolute Gasteiger partial charge is 0.507 e. The molecule has 1 aromatic rings. The Bertz CT molecular complexity index is 576. The normalized spacial score (nSPS) is 11.6. The highest BCUT2D eigenvalue weighted by Crippen LogP contribution is 2.36. The number of hydrogen-bond donors (Lipinski definition) is 1. The summed E-state index contributed by atoms with van der Waals surface area (Å²) >= 11 is 1.89. The van der Waals surface area contributed by atoms with Crippen molar-refractivity contribution in [2.75, 3.05) is 12.9 Å². The predicted octanol–water partition coefficient (Wildman–Crippen LogP) is 6.39. The first kappa shape index (κ1) is 23.9. The number of phenols is 1. The Morgan fingerprint density at radius 2 is 1.78 bits per heavy atom. The van der Waals surface area contributed by atoms with Crippen LogP contribution >= 0.6 is 11.8 Å². The van der Waals surface area contributed by atoms with E-state index in [1.54, 1.807) is 0 Å². The van der Waals surface area contributed by atoms with Crippen molar-refractivity contribution in [1.29, 1.82) is 0 Å². The Morgan fingerprint density at radius 3 is 2.41 bits per heavy atom. The standard InChI is InChI=1S/C23H38O3S/c1-6-7-8-9-10-11-14-27-17-19-15-18(12-13-21(24)26-5)16-20(22(19)25)23(2,3)4/h15-16,25H,6-14,17H2,1-5H3. The van der Waals surface area contributed by atoms with Gasteiger partial charge in [0.25, 0.3) is 0 Å². The number of ether oxygens (including phenoxy) is 1. The van der Waals surface area contributed by atoms with E-state index >= 15 is 0 Å². The SMILES string of the molecule is CCCCCCCCSCc1cc(CCC(=O)OC)cc(C(C)(C)C)c1O. The molecule has 0 aliphatic carbocycles. The van der Waals surface area contributed by atoms with Crippen LogP contribution in [0.2, 0.25) is 0 Å². The minimum Gasteiger partial charge on any atom is -0.507 e. The first-order chi connectivity index (χ1) is 12.8. The maximum absolute atomic E-state index is 11.5. The molecular formula is C23H38O3S. The molecule has 0 aromatic heterocycles. The van der Waals surface area contributed by atoms with Crippen LogP contribution in [0.4, 0.5) is 0 Å². The second kappa shape index (κ2) is 12.3. The molecule has 0 aliphatic rings. The molecule has 0 unspecified atom stereocenters. The van der Waals surface area contributed by atoms with Gasteiger partial charge in [-0.2, -0.15) is 11.8 Å². The van der Waals surface area contributed by atoms with E-state index in [9.17, 15) is 9.90 Å². The van der Waals surface area contributed by atoms with Crippen molar-refractivity contribution in [3.05, 3.63) is 28.8 Å². The lowest BCUT2D eigenvalue weighted by Crippen LogP contribution is -2.13. The average molecular weight is 395 g/mol. The summed E-state index contributed by atoms with van der Waals surface area (Å²) in [5, 5.41) is 10.8. The van der Waals surface area contributed by atoms with E-state index in [1.807, 2.05) is 17.8 Å². The summed E-state index contributed by atoms with van der Waals surface area (Å²) < 4.78 is 4.76. The number of esters is 1. The van der Waals surface area contributed by atoms with Gasteiger partial charge in [-0.1, -0.05) is 71.9 Å². The molecule has 0 bridgehead atoms. The maximum atomic E-state index is 11.5. The van der Waals surface area contributed by atoms with Crippen molar-refractivity contribution in [1.82, 2.24) is 0 Å². The molecule has 0 saturated carbocycles. The molecule has 154 valence electrons. The summed E-state index contributed by atoms with van der Waals surface area (Å²) in [6.07, 6.45) is 8.86. The van der Waals surface area contributed by atoms with Crippen molar-refractivity contribution in [3.63, 3.8) is 0 Å². The van der Waals surface area contributed by atoms with Crippen molar-refractivity contribution in [3.8, 4) is 5.75 Å².